The van der Waals surface area contributed by atoms with Crippen molar-refractivity contribution in [2.45, 2.75) is 13.1 Å². The summed E-state index contributed by atoms with van der Waals surface area (Å²) in [4.78, 5) is 11.9. The summed E-state index contributed by atoms with van der Waals surface area (Å²) in [5, 5.41) is 4.28. The van der Waals surface area contributed by atoms with Gasteiger partial charge in [0.1, 0.15) is 5.82 Å². The van der Waals surface area contributed by atoms with Crippen molar-refractivity contribution in [3.05, 3.63) is 47.7 Å². The third-order valence-electron chi connectivity index (χ3n) is 4.52. The molecule has 142 valence electrons. The zero-order valence-corrected chi connectivity index (χ0v) is 14.4. The molecule has 0 spiro atoms. The fourth-order valence-electron chi connectivity index (χ4n) is 3.21. The number of hydrogen-bond donors (Lipinski definition) is 0. The van der Waals surface area contributed by atoms with E-state index in [0.29, 0.717) is 38.4 Å². The van der Waals surface area contributed by atoms with E-state index in [2.05, 4.69) is 20.0 Å². The Labute approximate surface area is 152 Å². The molecule has 0 amide bonds. The summed E-state index contributed by atoms with van der Waals surface area (Å²) in [6.45, 7) is 3.87. The highest BCUT2D eigenvalue weighted by atomic mass is 19.4. The normalized spacial score (nSPS) is 15.6. The number of piperazine rings is 1. The molecular weight excluding hydrogens is 364 g/mol. The van der Waals surface area contributed by atoms with Gasteiger partial charge in [0.25, 0.3) is 0 Å². The lowest BCUT2D eigenvalue weighted by Crippen LogP contribution is -2.47. The van der Waals surface area contributed by atoms with Crippen LogP contribution in [-0.4, -0.2) is 45.8 Å². The van der Waals surface area contributed by atoms with E-state index in [0.717, 1.165) is 17.2 Å². The highest BCUT2D eigenvalue weighted by Crippen LogP contribution is 2.31. The van der Waals surface area contributed by atoms with Gasteiger partial charge in [-0.1, -0.05) is 0 Å². The predicted octanol–water partition coefficient (Wildman–Crippen LogP) is 2.92. The second-order valence-corrected chi connectivity index (χ2v) is 6.36. The standard InChI is InChI=1S/C17H16F4N6/c1-11-8-15(27-14(24-11)2-3-23-27)25-4-6-26(7-5-25)16-13(18)9-12(10-22-16)17(19,20)21/h2-3,8-10H,4-7H2,1H3. The first-order valence-electron chi connectivity index (χ1n) is 8.37. The van der Waals surface area contributed by atoms with Gasteiger partial charge in [-0.2, -0.15) is 22.8 Å². The molecule has 4 rings (SSSR count). The molecule has 0 N–H and O–H groups in total. The van der Waals surface area contributed by atoms with Crippen LogP contribution in [0.3, 0.4) is 0 Å². The quantitative estimate of drug-likeness (QED) is 0.640. The number of rotatable bonds is 2. The molecule has 3 aromatic rings. The maximum absolute atomic E-state index is 14.2. The van der Waals surface area contributed by atoms with E-state index in [1.807, 2.05) is 19.1 Å². The number of hydrogen-bond acceptors (Lipinski definition) is 5. The van der Waals surface area contributed by atoms with Crippen LogP contribution in [0, 0.1) is 12.7 Å². The molecule has 0 saturated carbocycles. The first kappa shape index (κ1) is 17.5. The summed E-state index contributed by atoms with van der Waals surface area (Å²) in [7, 11) is 0. The van der Waals surface area contributed by atoms with Crippen molar-refractivity contribution < 1.29 is 17.6 Å². The number of aryl methyl sites for hydroxylation is 1. The van der Waals surface area contributed by atoms with Gasteiger partial charge >= 0.3 is 6.18 Å². The second kappa shape index (κ2) is 6.36. The maximum atomic E-state index is 14.2. The van der Waals surface area contributed by atoms with Gasteiger partial charge in [0.15, 0.2) is 17.3 Å². The molecule has 0 aromatic carbocycles. The lowest BCUT2D eigenvalue weighted by Gasteiger charge is -2.36. The largest absolute Gasteiger partial charge is 0.417 e. The Morgan fingerprint density at radius 3 is 2.41 bits per heavy atom. The molecule has 0 aliphatic carbocycles. The monoisotopic (exact) mass is 380 g/mol. The van der Waals surface area contributed by atoms with Crippen molar-refractivity contribution in [1.29, 1.82) is 0 Å². The summed E-state index contributed by atoms with van der Waals surface area (Å²) < 4.78 is 53.9. The van der Waals surface area contributed by atoms with Crippen LogP contribution in [0.4, 0.5) is 29.2 Å². The van der Waals surface area contributed by atoms with Crippen molar-refractivity contribution in [3.8, 4) is 0 Å². The molecule has 1 saturated heterocycles. The van der Waals surface area contributed by atoms with Crippen molar-refractivity contribution in [2.24, 2.45) is 0 Å². The van der Waals surface area contributed by atoms with E-state index in [9.17, 15) is 17.6 Å². The first-order chi connectivity index (χ1) is 12.8. The second-order valence-electron chi connectivity index (χ2n) is 6.36. The number of nitrogens with zero attached hydrogens (tertiary/aromatic N) is 6. The molecule has 1 fully saturated rings. The van der Waals surface area contributed by atoms with Gasteiger partial charge in [0.05, 0.1) is 11.8 Å². The third kappa shape index (κ3) is 3.26. The van der Waals surface area contributed by atoms with E-state index >= 15 is 0 Å². The number of anilines is 2. The Bertz CT molecular complexity index is 975. The van der Waals surface area contributed by atoms with Crippen molar-refractivity contribution in [2.75, 3.05) is 36.0 Å². The topological polar surface area (TPSA) is 49.6 Å². The SMILES string of the molecule is Cc1cc(N2CCN(c3ncc(C(F)(F)F)cc3F)CC2)n2nccc2n1. The zero-order valence-electron chi connectivity index (χ0n) is 14.4. The van der Waals surface area contributed by atoms with E-state index < -0.39 is 17.6 Å². The summed E-state index contributed by atoms with van der Waals surface area (Å²) in [5.74, 6) is -0.145. The number of halogens is 4. The smallest absolute Gasteiger partial charge is 0.353 e. The Hall–Kier alpha value is -2.91. The number of fused-ring (bicyclic) bond motifs is 1. The molecule has 27 heavy (non-hydrogen) atoms. The Kier molecular flexibility index (Phi) is 4.12. The van der Waals surface area contributed by atoms with E-state index in [4.69, 9.17) is 0 Å². The molecule has 6 nitrogen and oxygen atoms in total. The average molecular weight is 380 g/mol. The van der Waals surface area contributed by atoms with Crippen LogP contribution in [0.5, 0.6) is 0 Å². The van der Waals surface area contributed by atoms with Crippen LogP contribution < -0.4 is 9.80 Å². The van der Waals surface area contributed by atoms with Crippen LogP contribution in [-0.2, 0) is 6.18 Å². The molecule has 0 radical (unpaired) electrons. The molecule has 10 heteroatoms. The fourth-order valence-corrected chi connectivity index (χ4v) is 3.21. The van der Waals surface area contributed by atoms with Crippen LogP contribution in [0.25, 0.3) is 5.65 Å². The van der Waals surface area contributed by atoms with Crippen LogP contribution in [0.2, 0.25) is 0 Å². The zero-order chi connectivity index (χ0) is 19.2. The summed E-state index contributed by atoms with van der Waals surface area (Å²) in [5.41, 5.74) is 0.509. The first-order valence-corrected chi connectivity index (χ1v) is 8.37. The van der Waals surface area contributed by atoms with Gasteiger partial charge in [-0.15, -0.1) is 0 Å². The average Bonchev–Trinajstić information content (AvgIpc) is 3.08. The number of pyridine rings is 1. The van der Waals surface area contributed by atoms with E-state index in [1.165, 1.54) is 0 Å². The van der Waals surface area contributed by atoms with Crippen LogP contribution >= 0.6 is 0 Å². The highest BCUT2D eigenvalue weighted by Gasteiger charge is 2.32. The van der Waals surface area contributed by atoms with E-state index in [1.54, 1.807) is 15.6 Å². The van der Waals surface area contributed by atoms with Gasteiger partial charge in [-0.25, -0.2) is 14.4 Å². The van der Waals surface area contributed by atoms with Gasteiger partial charge in [0, 0.05) is 50.2 Å². The van der Waals surface area contributed by atoms with E-state index in [-0.39, 0.29) is 5.82 Å². The highest BCUT2D eigenvalue weighted by molar-refractivity contribution is 5.52. The molecule has 0 bridgehead atoms. The van der Waals surface area contributed by atoms with Gasteiger partial charge in [-0.3, -0.25) is 0 Å². The van der Waals surface area contributed by atoms with Crippen LogP contribution in [0.1, 0.15) is 11.3 Å². The van der Waals surface area contributed by atoms with Crippen molar-refractivity contribution in [1.82, 2.24) is 19.6 Å². The Balaban J connectivity index is 1.53. The molecule has 0 unspecified atom stereocenters. The fraction of sp³-hybridized carbons (Fsp3) is 0.353. The summed E-state index contributed by atoms with van der Waals surface area (Å²) >= 11 is 0. The van der Waals surface area contributed by atoms with Crippen molar-refractivity contribution in [3.63, 3.8) is 0 Å². The molecular formula is C17H16F4N6. The van der Waals surface area contributed by atoms with Gasteiger partial charge in [0.2, 0.25) is 0 Å². The minimum Gasteiger partial charge on any atom is -0.353 e. The van der Waals surface area contributed by atoms with Crippen LogP contribution in [0.15, 0.2) is 30.6 Å². The minimum absolute atomic E-state index is 0.0576. The Morgan fingerprint density at radius 2 is 1.74 bits per heavy atom. The van der Waals surface area contributed by atoms with Crippen molar-refractivity contribution >= 4 is 17.3 Å². The number of alkyl halides is 3. The third-order valence-corrected chi connectivity index (χ3v) is 4.52. The summed E-state index contributed by atoms with van der Waals surface area (Å²) in [6, 6.07) is 4.23. The molecule has 3 aromatic heterocycles. The molecule has 1 aliphatic heterocycles. The lowest BCUT2D eigenvalue weighted by atomic mass is 10.2. The molecule has 4 heterocycles. The lowest BCUT2D eigenvalue weighted by molar-refractivity contribution is -0.138. The number of aromatic nitrogens is 4. The summed E-state index contributed by atoms with van der Waals surface area (Å²) in [6.07, 6.45) is -2.27. The van der Waals surface area contributed by atoms with Gasteiger partial charge in [-0.05, 0) is 13.0 Å². The predicted molar refractivity (Wildman–Crippen MR) is 91.3 cm³/mol. The Morgan fingerprint density at radius 1 is 1.04 bits per heavy atom. The van der Waals surface area contributed by atoms with Gasteiger partial charge < -0.3 is 9.80 Å². The maximum Gasteiger partial charge on any atom is 0.417 e. The minimum atomic E-state index is -4.61. The molecule has 0 atom stereocenters. The molecule has 1 aliphatic rings.